The second kappa shape index (κ2) is 5.40. The Balaban J connectivity index is 2.45. The third-order valence-electron chi connectivity index (χ3n) is 3.62. The van der Waals surface area contributed by atoms with Gasteiger partial charge in [-0.1, -0.05) is 44.6 Å². The normalized spacial score (nSPS) is 14.6. The molecule has 1 aromatic carbocycles. The van der Waals surface area contributed by atoms with Crippen LogP contribution in [0.5, 0.6) is 5.75 Å². The molecule has 0 saturated heterocycles. The molecule has 1 heterocycles. The van der Waals surface area contributed by atoms with Crippen LogP contribution in [0.15, 0.2) is 23.8 Å². The summed E-state index contributed by atoms with van der Waals surface area (Å²) >= 11 is 0. The van der Waals surface area contributed by atoms with Crippen LogP contribution in [0.3, 0.4) is 0 Å². The summed E-state index contributed by atoms with van der Waals surface area (Å²) in [6, 6.07) is 4.67. The van der Waals surface area contributed by atoms with E-state index in [-0.39, 0.29) is 5.41 Å². The molecule has 0 amide bonds. The predicted molar refractivity (Wildman–Crippen MR) is 82.1 cm³/mol. The summed E-state index contributed by atoms with van der Waals surface area (Å²) < 4.78 is 5.95. The fraction of sp³-hybridized carbons (Fsp3) is 0.556. The molecule has 0 spiro atoms. The lowest BCUT2D eigenvalue weighted by molar-refractivity contribution is 0.280. The molecule has 19 heavy (non-hydrogen) atoms. The highest BCUT2D eigenvalue weighted by atomic mass is 16.5. The van der Waals surface area contributed by atoms with Crippen molar-refractivity contribution in [2.45, 2.75) is 59.3 Å². The molecule has 1 aliphatic rings. The van der Waals surface area contributed by atoms with Crippen LogP contribution in [-0.4, -0.2) is 6.61 Å². The monoisotopic (exact) mass is 258 g/mol. The summed E-state index contributed by atoms with van der Waals surface area (Å²) in [6.45, 7) is 12.0. The van der Waals surface area contributed by atoms with Crippen molar-refractivity contribution >= 4 is 0 Å². The van der Waals surface area contributed by atoms with Gasteiger partial charge in [0, 0.05) is 5.56 Å². The number of aryl methyl sites for hydroxylation is 1. The molecule has 0 unspecified atom stereocenters. The van der Waals surface area contributed by atoms with Gasteiger partial charge in [-0.05, 0) is 49.7 Å². The average molecular weight is 258 g/mol. The first-order valence-corrected chi connectivity index (χ1v) is 7.30. The Hall–Kier alpha value is -1.24. The number of benzene rings is 1. The van der Waals surface area contributed by atoms with Gasteiger partial charge in [-0.15, -0.1) is 0 Å². The molecule has 1 nitrogen and oxygen atoms in total. The van der Waals surface area contributed by atoms with Gasteiger partial charge in [-0.25, -0.2) is 0 Å². The minimum absolute atomic E-state index is 0.141. The van der Waals surface area contributed by atoms with E-state index in [1.54, 1.807) is 0 Å². The van der Waals surface area contributed by atoms with Gasteiger partial charge < -0.3 is 4.74 Å². The van der Waals surface area contributed by atoms with Gasteiger partial charge in [-0.3, -0.25) is 0 Å². The zero-order valence-corrected chi connectivity index (χ0v) is 13.0. The molecule has 1 aromatic rings. The maximum Gasteiger partial charge on any atom is 0.126 e. The zero-order chi connectivity index (χ0) is 14.0. The first-order chi connectivity index (χ1) is 8.88. The minimum Gasteiger partial charge on any atom is -0.493 e. The summed E-state index contributed by atoms with van der Waals surface area (Å²) in [5, 5.41) is 0. The van der Waals surface area contributed by atoms with Crippen molar-refractivity contribution in [3.8, 4) is 5.75 Å². The van der Waals surface area contributed by atoms with E-state index in [1.165, 1.54) is 22.3 Å². The van der Waals surface area contributed by atoms with Crippen LogP contribution in [0.4, 0.5) is 0 Å². The van der Waals surface area contributed by atoms with E-state index in [9.17, 15) is 0 Å². The van der Waals surface area contributed by atoms with Crippen molar-refractivity contribution in [1.82, 2.24) is 0 Å². The zero-order valence-electron chi connectivity index (χ0n) is 13.0. The Kier molecular flexibility index (Phi) is 4.03. The molecule has 0 fully saturated rings. The van der Waals surface area contributed by atoms with Crippen LogP contribution < -0.4 is 4.74 Å². The average Bonchev–Trinajstić information content (AvgIpc) is 2.34. The SMILES string of the molecule is CC(C)=CCc1cc2c(c(C(C)(C)C)c1)OCCC2. The molecular weight excluding hydrogens is 232 g/mol. The lowest BCUT2D eigenvalue weighted by atomic mass is 9.82. The molecule has 104 valence electrons. The van der Waals surface area contributed by atoms with Crippen molar-refractivity contribution in [1.29, 1.82) is 0 Å². The summed E-state index contributed by atoms with van der Waals surface area (Å²) in [6.07, 6.45) is 5.63. The van der Waals surface area contributed by atoms with E-state index in [1.807, 2.05) is 0 Å². The minimum atomic E-state index is 0.141. The second-order valence-electron chi connectivity index (χ2n) is 6.82. The predicted octanol–water partition coefficient (Wildman–Crippen LogP) is 4.82. The van der Waals surface area contributed by atoms with Crippen LogP contribution >= 0.6 is 0 Å². The Morgan fingerprint density at radius 3 is 2.63 bits per heavy atom. The standard InChI is InChI=1S/C18H26O/c1-13(2)8-9-14-11-15-7-6-10-19-17(15)16(12-14)18(3,4)5/h8,11-12H,6-7,9-10H2,1-5H3. The van der Waals surface area contributed by atoms with Crippen molar-refractivity contribution in [3.63, 3.8) is 0 Å². The highest BCUT2D eigenvalue weighted by molar-refractivity contribution is 5.49. The smallest absolute Gasteiger partial charge is 0.126 e. The molecule has 1 heteroatoms. The molecule has 2 rings (SSSR count). The van der Waals surface area contributed by atoms with E-state index in [2.05, 4.69) is 52.8 Å². The largest absolute Gasteiger partial charge is 0.493 e. The highest BCUT2D eigenvalue weighted by Gasteiger charge is 2.24. The topological polar surface area (TPSA) is 9.23 Å². The van der Waals surface area contributed by atoms with Gasteiger partial charge in [0.15, 0.2) is 0 Å². The van der Waals surface area contributed by atoms with E-state index in [4.69, 9.17) is 4.74 Å². The molecule has 0 atom stereocenters. The van der Waals surface area contributed by atoms with E-state index >= 15 is 0 Å². The number of hydrogen-bond acceptors (Lipinski definition) is 1. The molecule has 0 N–H and O–H groups in total. The van der Waals surface area contributed by atoms with E-state index in [0.717, 1.165) is 31.6 Å². The van der Waals surface area contributed by atoms with E-state index < -0.39 is 0 Å². The molecule has 0 aliphatic carbocycles. The maximum absolute atomic E-state index is 5.95. The van der Waals surface area contributed by atoms with Crippen molar-refractivity contribution < 1.29 is 4.74 Å². The van der Waals surface area contributed by atoms with Crippen LogP contribution in [0.1, 0.15) is 57.7 Å². The Labute approximate surface area is 117 Å². The molecule has 1 aliphatic heterocycles. The number of allylic oxidation sites excluding steroid dienone is 2. The Morgan fingerprint density at radius 1 is 1.26 bits per heavy atom. The van der Waals surface area contributed by atoms with Crippen molar-refractivity contribution in [3.05, 3.63) is 40.5 Å². The number of rotatable bonds is 2. The fourth-order valence-electron chi connectivity index (χ4n) is 2.54. The Morgan fingerprint density at radius 2 is 2.00 bits per heavy atom. The van der Waals surface area contributed by atoms with Crippen LogP contribution in [0, 0.1) is 0 Å². The van der Waals surface area contributed by atoms with Crippen LogP contribution in [0.2, 0.25) is 0 Å². The Bertz CT molecular complexity index is 485. The third kappa shape index (κ3) is 3.40. The van der Waals surface area contributed by atoms with E-state index in [0.29, 0.717) is 0 Å². The summed E-state index contributed by atoms with van der Waals surface area (Å²) in [7, 11) is 0. The summed E-state index contributed by atoms with van der Waals surface area (Å²) in [5.74, 6) is 1.15. The van der Waals surface area contributed by atoms with Crippen molar-refractivity contribution in [2.75, 3.05) is 6.61 Å². The summed E-state index contributed by atoms with van der Waals surface area (Å²) in [5.41, 5.74) is 5.70. The van der Waals surface area contributed by atoms with Crippen LogP contribution in [-0.2, 0) is 18.3 Å². The van der Waals surface area contributed by atoms with Crippen molar-refractivity contribution in [2.24, 2.45) is 0 Å². The second-order valence-corrected chi connectivity index (χ2v) is 6.82. The maximum atomic E-state index is 5.95. The molecular formula is C18H26O. The lowest BCUT2D eigenvalue weighted by Crippen LogP contribution is -2.18. The molecule has 0 aromatic heterocycles. The number of ether oxygens (including phenoxy) is 1. The van der Waals surface area contributed by atoms with Gasteiger partial charge in [0.05, 0.1) is 6.61 Å². The van der Waals surface area contributed by atoms with Crippen LogP contribution in [0.25, 0.3) is 0 Å². The summed E-state index contributed by atoms with van der Waals surface area (Å²) in [4.78, 5) is 0. The van der Waals surface area contributed by atoms with Gasteiger partial charge >= 0.3 is 0 Å². The third-order valence-corrected chi connectivity index (χ3v) is 3.62. The first-order valence-electron chi connectivity index (χ1n) is 7.30. The fourth-order valence-corrected chi connectivity index (χ4v) is 2.54. The lowest BCUT2D eigenvalue weighted by Gasteiger charge is -2.28. The highest BCUT2D eigenvalue weighted by Crippen LogP contribution is 2.38. The number of fused-ring (bicyclic) bond motifs is 1. The van der Waals surface area contributed by atoms with Gasteiger partial charge in [0.1, 0.15) is 5.75 Å². The quantitative estimate of drug-likeness (QED) is 0.691. The first kappa shape index (κ1) is 14.2. The number of hydrogen-bond donors (Lipinski definition) is 0. The van der Waals surface area contributed by atoms with Gasteiger partial charge in [0.25, 0.3) is 0 Å². The molecule has 0 bridgehead atoms. The van der Waals surface area contributed by atoms with Gasteiger partial charge in [-0.2, -0.15) is 0 Å². The molecule has 0 radical (unpaired) electrons. The molecule has 0 saturated carbocycles. The van der Waals surface area contributed by atoms with Gasteiger partial charge in [0.2, 0.25) is 0 Å².